The van der Waals surface area contributed by atoms with Crippen molar-refractivity contribution in [2.45, 2.75) is 95.9 Å². The van der Waals surface area contributed by atoms with Gasteiger partial charge in [0.15, 0.2) is 23.0 Å². The van der Waals surface area contributed by atoms with Crippen molar-refractivity contribution in [3.05, 3.63) is 75.5 Å². The fraction of sp³-hybridized carbons (Fsp3) is 0.463. The zero-order valence-electron chi connectivity index (χ0n) is 32.1. The number of nitrogens with one attached hydrogen (secondary N) is 3. The number of aromatic nitrogens is 1. The van der Waals surface area contributed by atoms with Gasteiger partial charge in [-0.15, -0.1) is 0 Å². The normalized spacial score (nSPS) is 23.4. The van der Waals surface area contributed by atoms with Crippen molar-refractivity contribution >= 4 is 22.9 Å². The number of aryl methyl sites for hydroxylation is 1. The summed E-state index contributed by atoms with van der Waals surface area (Å²) in [6.07, 6.45) is 1.02. The topological polar surface area (TPSA) is 178 Å². The standard InChI is InChI=1S/C41H49N5O9/c1-19-12-21-14-28-39(50)46-27(32(45(28)6)30(21)34(48)35(19)52-7)15-24-31(37-36(53-18-54-37)20(2)33(24)47)29(46)17-43-38(49)26(44-40(51)55-41(3,4)5)13-22-16-42-25-11-9-8-10-23(22)25/h8-12,16,26-29,32,39,42,47-48,50H,13-15,17-18H2,1-7H3,(H,43,49)(H,44,51)/t26-,27?,28-,29-,32-,39-/m0/s1. The SMILES string of the molecule is COc1c(C)cc2c(c1O)[C@@H]1C3Cc4c(O)c(C)c5c(c4[C@H](CNC(=O)[C@H](Cc4c[nH]c6ccccc46)NC(=O)OC(C)(C)C)N3[C@@H](O)[C@H](C2)N1C)OCO5. The highest BCUT2D eigenvalue weighted by atomic mass is 16.7. The van der Waals surface area contributed by atoms with E-state index in [9.17, 15) is 24.9 Å². The molecule has 14 nitrogen and oxygen atoms in total. The first-order chi connectivity index (χ1) is 26.2. The molecule has 1 saturated heterocycles. The lowest BCUT2D eigenvalue weighted by Gasteiger charge is -2.60. The monoisotopic (exact) mass is 755 g/mol. The molecule has 0 saturated carbocycles. The maximum atomic E-state index is 14.4. The molecule has 2 amide bonds. The lowest BCUT2D eigenvalue weighted by atomic mass is 9.73. The van der Waals surface area contributed by atoms with Crippen LogP contribution in [0.5, 0.6) is 28.7 Å². The van der Waals surface area contributed by atoms with Crippen LogP contribution in [0, 0.1) is 13.8 Å². The van der Waals surface area contributed by atoms with Crippen LogP contribution in [0.4, 0.5) is 4.79 Å². The molecule has 0 aliphatic carbocycles. The molecule has 4 aliphatic rings. The number of fused-ring (bicyclic) bond motifs is 10. The van der Waals surface area contributed by atoms with Crippen molar-refractivity contribution in [2.75, 3.05) is 27.5 Å². The number of para-hydroxylation sites is 1. The summed E-state index contributed by atoms with van der Waals surface area (Å²) < 4.78 is 23.1. The number of likely N-dealkylation sites (N-methyl/N-ethyl adjacent to an activating group) is 1. The Hall–Kier alpha value is -5.18. The first kappa shape index (κ1) is 36.8. The van der Waals surface area contributed by atoms with E-state index >= 15 is 0 Å². The number of methoxy groups -OCH3 is 1. The van der Waals surface area contributed by atoms with Crippen LogP contribution in [0.1, 0.15) is 71.8 Å². The van der Waals surface area contributed by atoms with Crippen molar-refractivity contribution in [1.82, 2.24) is 25.4 Å². The van der Waals surface area contributed by atoms with Gasteiger partial charge in [-0.1, -0.05) is 24.3 Å². The second kappa shape index (κ2) is 13.5. The predicted molar refractivity (Wildman–Crippen MR) is 203 cm³/mol. The molecule has 1 aromatic heterocycles. The number of rotatable bonds is 7. The highest BCUT2D eigenvalue weighted by Gasteiger charge is 2.56. The van der Waals surface area contributed by atoms with Gasteiger partial charge in [-0.25, -0.2) is 4.79 Å². The summed E-state index contributed by atoms with van der Waals surface area (Å²) in [5, 5.41) is 42.7. The van der Waals surface area contributed by atoms with Gasteiger partial charge in [0.1, 0.15) is 23.6 Å². The average molecular weight is 756 g/mol. The zero-order chi connectivity index (χ0) is 39.1. The van der Waals surface area contributed by atoms with Crippen LogP contribution < -0.4 is 24.8 Å². The minimum Gasteiger partial charge on any atom is -0.507 e. The van der Waals surface area contributed by atoms with Crippen molar-refractivity contribution in [3.63, 3.8) is 0 Å². The summed E-state index contributed by atoms with van der Waals surface area (Å²) >= 11 is 0. The van der Waals surface area contributed by atoms with Crippen molar-refractivity contribution in [2.24, 2.45) is 0 Å². The number of alkyl carbamates (subject to hydrolysis) is 1. The number of amides is 2. The fourth-order valence-corrected chi connectivity index (χ4v) is 9.35. The maximum Gasteiger partial charge on any atom is 0.408 e. The van der Waals surface area contributed by atoms with Gasteiger partial charge < -0.3 is 49.9 Å². The first-order valence-corrected chi connectivity index (χ1v) is 18.7. The Labute approximate surface area is 319 Å². The van der Waals surface area contributed by atoms with Gasteiger partial charge in [-0.2, -0.15) is 0 Å². The molecule has 292 valence electrons. The average Bonchev–Trinajstić information content (AvgIpc) is 3.78. The van der Waals surface area contributed by atoms with E-state index in [1.54, 1.807) is 27.7 Å². The van der Waals surface area contributed by atoms with Gasteiger partial charge in [-0.3, -0.25) is 14.6 Å². The summed E-state index contributed by atoms with van der Waals surface area (Å²) in [5.74, 6) is 0.921. The Morgan fingerprint density at radius 3 is 2.55 bits per heavy atom. The van der Waals surface area contributed by atoms with Crippen LogP contribution in [0.15, 0.2) is 36.5 Å². The number of carbonyl (C=O) groups excluding carboxylic acids is 2. The van der Waals surface area contributed by atoms with Gasteiger partial charge in [0.2, 0.25) is 12.7 Å². The molecule has 6 N–H and O–H groups in total. The molecule has 0 spiro atoms. The molecular formula is C41H49N5O9. The molecule has 3 aromatic carbocycles. The minimum atomic E-state index is -1.03. The summed E-state index contributed by atoms with van der Waals surface area (Å²) in [6, 6.07) is 6.78. The van der Waals surface area contributed by atoms with E-state index in [-0.39, 0.29) is 37.3 Å². The van der Waals surface area contributed by atoms with Gasteiger partial charge in [0, 0.05) is 58.4 Å². The number of carbonyl (C=O) groups is 2. The van der Waals surface area contributed by atoms with Crippen LogP contribution in [0.2, 0.25) is 0 Å². The third-order valence-corrected chi connectivity index (χ3v) is 11.7. The summed E-state index contributed by atoms with van der Waals surface area (Å²) in [6.45, 7) is 8.87. The van der Waals surface area contributed by atoms with Crippen molar-refractivity contribution < 1.29 is 43.9 Å². The lowest BCUT2D eigenvalue weighted by Crippen LogP contribution is -2.69. The molecule has 2 bridgehead atoms. The predicted octanol–water partition coefficient (Wildman–Crippen LogP) is 4.38. The molecule has 14 heteroatoms. The Morgan fingerprint density at radius 2 is 1.80 bits per heavy atom. The number of aliphatic hydroxyl groups is 1. The number of hydrogen-bond donors (Lipinski definition) is 6. The Balaban J connectivity index is 1.19. The van der Waals surface area contributed by atoms with Crippen molar-refractivity contribution in [3.8, 4) is 28.7 Å². The van der Waals surface area contributed by atoms with E-state index in [1.165, 1.54) is 7.11 Å². The Morgan fingerprint density at radius 1 is 1.05 bits per heavy atom. The number of hydrogen-bond acceptors (Lipinski definition) is 11. The van der Waals surface area contributed by atoms with E-state index in [0.29, 0.717) is 52.3 Å². The lowest BCUT2D eigenvalue weighted by molar-refractivity contribution is -0.172. The third kappa shape index (κ3) is 6.07. The number of phenolic OH excluding ortho intramolecular Hbond substituents is 2. The molecule has 55 heavy (non-hydrogen) atoms. The Kier molecular flexibility index (Phi) is 9.05. The van der Waals surface area contributed by atoms with E-state index in [0.717, 1.165) is 27.6 Å². The molecule has 1 unspecified atom stereocenters. The number of aliphatic hydroxyl groups excluding tert-OH is 1. The number of aromatic amines is 1. The van der Waals surface area contributed by atoms with Crippen LogP contribution in [0.3, 0.4) is 0 Å². The number of aromatic hydroxyl groups is 2. The van der Waals surface area contributed by atoms with Crippen molar-refractivity contribution in [1.29, 1.82) is 0 Å². The maximum absolute atomic E-state index is 14.4. The van der Waals surface area contributed by atoms with Gasteiger partial charge in [0.25, 0.3) is 0 Å². The van der Waals surface area contributed by atoms with Crippen LogP contribution in [-0.4, -0.2) is 99.6 Å². The van der Waals surface area contributed by atoms with E-state index in [1.807, 2.05) is 55.4 Å². The zero-order valence-corrected chi connectivity index (χ0v) is 32.1. The van der Waals surface area contributed by atoms with Crippen LogP contribution in [-0.2, 0) is 28.8 Å². The largest absolute Gasteiger partial charge is 0.507 e. The second-order valence-electron chi connectivity index (χ2n) is 16.1. The number of benzene rings is 3. The molecule has 6 atom stereocenters. The number of H-pyrrole nitrogens is 1. The molecule has 4 aliphatic heterocycles. The molecule has 1 fully saturated rings. The quantitative estimate of drug-likeness (QED) is 0.158. The van der Waals surface area contributed by atoms with Crippen LogP contribution >= 0.6 is 0 Å². The fourth-order valence-electron chi connectivity index (χ4n) is 9.35. The Bertz CT molecular complexity index is 2190. The highest BCUT2D eigenvalue weighted by molar-refractivity contribution is 5.88. The molecule has 4 aromatic rings. The third-order valence-electron chi connectivity index (χ3n) is 11.7. The number of piperazine rings is 1. The number of ether oxygens (including phenoxy) is 4. The summed E-state index contributed by atoms with van der Waals surface area (Å²) in [5.41, 5.74) is 5.16. The first-order valence-electron chi connectivity index (χ1n) is 18.7. The summed E-state index contributed by atoms with van der Waals surface area (Å²) in [7, 11) is 3.47. The van der Waals surface area contributed by atoms with E-state index < -0.39 is 48.0 Å². The highest BCUT2D eigenvalue weighted by Crippen LogP contribution is 2.57. The van der Waals surface area contributed by atoms with Gasteiger partial charge >= 0.3 is 6.09 Å². The molecule has 0 radical (unpaired) electrons. The molecular weight excluding hydrogens is 706 g/mol. The smallest absolute Gasteiger partial charge is 0.408 e. The second-order valence-corrected chi connectivity index (χ2v) is 16.1. The van der Waals surface area contributed by atoms with Gasteiger partial charge in [0.05, 0.1) is 25.2 Å². The van der Waals surface area contributed by atoms with Gasteiger partial charge in [-0.05, 0) is 77.3 Å². The molecule has 8 rings (SSSR count). The molecule has 5 heterocycles. The minimum absolute atomic E-state index is 0.0166. The number of phenols is 2. The number of nitrogens with zero attached hydrogens (tertiary/aromatic N) is 2. The summed E-state index contributed by atoms with van der Waals surface area (Å²) in [4.78, 5) is 34.9. The van der Waals surface area contributed by atoms with Crippen LogP contribution in [0.25, 0.3) is 10.9 Å². The van der Waals surface area contributed by atoms with E-state index in [4.69, 9.17) is 18.9 Å². The van der Waals surface area contributed by atoms with E-state index in [2.05, 4.69) is 20.5 Å².